The number of ether oxygens (including phenoxy) is 1. The van der Waals surface area contributed by atoms with Crippen molar-refractivity contribution in [2.45, 2.75) is 11.8 Å². The van der Waals surface area contributed by atoms with Gasteiger partial charge in [0.2, 0.25) is 0 Å². The molecular formula is C23H22N2O6S. The third kappa shape index (κ3) is 5.25. The number of nitrogens with one attached hydrogen (secondary N) is 1. The van der Waals surface area contributed by atoms with Crippen LogP contribution in [0, 0.1) is 6.92 Å². The van der Waals surface area contributed by atoms with Gasteiger partial charge in [0.15, 0.2) is 17.2 Å². The Morgan fingerprint density at radius 2 is 1.56 bits per heavy atom. The number of hydrogen-bond acceptors (Lipinski definition) is 7. The van der Waals surface area contributed by atoms with E-state index in [-0.39, 0.29) is 27.9 Å². The monoisotopic (exact) mass is 454 g/mol. The molecule has 0 aliphatic heterocycles. The molecule has 32 heavy (non-hydrogen) atoms. The number of amides is 1. The van der Waals surface area contributed by atoms with E-state index in [1.54, 1.807) is 61.5 Å². The highest BCUT2D eigenvalue weighted by Gasteiger charge is 2.22. The fraction of sp³-hybridized carbons (Fsp3) is 0.130. The van der Waals surface area contributed by atoms with Crippen LogP contribution in [0.1, 0.15) is 11.1 Å². The number of para-hydroxylation sites is 3. The largest absolute Gasteiger partial charge is 0.453 e. The first-order valence-electron chi connectivity index (χ1n) is 9.56. The normalized spacial score (nSPS) is 11.5. The highest BCUT2D eigenvalue weighted by Crippen LogP contribution is 2.35. The zero-order chi connectivity index (χ0) is 23.1. The summed E-state index contributed by atoms with van der Waals surface area (Å²) in [6.45, 7) is 1.79. The lowest BCUT2D eigenvalue weighted by Gasteiger charge is -2.15. The van der Waals surface area contributed by atoms with Crippen molar-refractivity contribution in [1.29, 1.82) is 0 Å². The van der Waals surface area contributed by atoms with Crippen LogP contribution in [0.3, 0.4) is 0 Å². The highest BCUT2D eigenvalue weighted by molar-refractivity contribution is 7.87. The van der Waals surface area contributed by atoms with Gasteiger partial charge in [-0.1, -0.05) is 41.6 Å². The molecule has 3 aromatic rings. The van der Waals surface area contributed by atoms with Gasteiger partial charge in [0, 0.05) is 7.05 Å². The van der Waals surface area contributed by atoms with Crippen LogP contribution in [0.15, 0.2) is 82.8 Å². The molecule has 0 aliphatic rings. The summed E-state index contributed by atoms with van der Waals surface area (Å²) >= 11 is 0. The van der Waals surface area contributed by atoms with Gasteiger partial charge in [0.1, 0.15) is 17.8 Å². The van der Waals surface area contributed by atoms with Crippen molar-refractivity contribution < 1.29 is 27.0 Å². The molecule has 3 aromatic carbocycles. The van der Waals surface area contributed by atoms with Gasteiger partial charge < -0.3 is 19.1 Å². The van der Waals surface area contributed by atoms with E-state index in [9.17, 15) is 13.2 Å². The molecule has 0 aromatic heterocycles. The molecule has 9 heteroatoms. The summed E-state index contributed by atoms with van der Waals surface area (Å²) in [7, 11) is -1.30. The second kappa shape index (κ2) is 9.97. The van der Waals surface area contributed by atoms with Gasteiger partial charge in [-0.2, -0.15) is 8.42 Å². The van der Waals surface area contributed by atoms with Crippen LogP contribution in [0.5, 0.6) is 17.2 Å². The van der Waals surface area contributed by atoms with Crippen LogP contribution >= 0.6 is 0 Å². The lowest BCUT2D eigenvalue weighted by atomic mass is 10.1. The number of benzene rings is 3. The predicted octanol–water partition coefficient (Wildman–Crippen LogP) is 3.65. The maximum absolute atomic E-state index is 12.8. The number of hydrogen-bond donors (Lipinski definition) is 1. The molecule has 0 heterocycles. The first kappa shape index (κ1) is 22.8. The Bertz CT molecular complexity index is 1250. The smallest absolute Gasteiger partial charge is 0.339 e. The summed E-state index contributed by atoms with van der Waals surface area (Å²) in [5, 5.41) is 6.29. The topological polar surface area (TPSA) is 103 Å². The fourth-order valence-corrected chi connectivity index (χ4v) is 3.88. The number of oxime groups is 1. The number of rotatable bonds is 8. The third-order valence-electron chi connectivity index (χ3n) is 4.31. The Labute approximate surface area is 186 Å². The maximum Gasteiger partial charge on any atom is 0.339 e. The minimum absolute atomic E-state index is 0.00335. The first-order valence-corrected chi connectivity index (χ1v) is 11.0. The fourth-order valence-electron chi connectivity index (χ4n) is 2.83. The van der Waals surface area contributed by atoms with Crippen LogP contribution in [-0.2, 0) is 19.8 Å². The van der Waals surface area contributed by atoms with Crippen molar-refractivity contribution in [1.82, 2.24) is 5.32 Å². The summed E-state index contributed by atoms with van der Waals surface area (Å²) in [6, 6.07) is 19.4. The Hall–Kier alpha value is -3.85. The molecule has 0 atom stereocenters. The third-order valence-corrected chi connectivity index (χ3v) is 5.54. The average molecular weight is 455 g/mol. The van der Waals surface area contributed by atoms with E-state index < -0.39 is 16.0 Å². The van der Waals surface area contributed by atoms with E-state index in [4.69, 9.17) is 13.8 Å². The minimum Gasteiger partial charge on any atom is -0.453 e. The predicted molar refractivity (Wildman–Crippen MR) is 120 cm³/mol. The summed E-state index contributed by atoms with van der Waals surface area (Å²) in [5.74, 6) is -0.0794. The van der Waals surface area contributed by atoms with Gasteiger partial charge in [-0.3, -0.25) is 4.79 Å². The van der Waals surface area contributed by atoms with Gasteiger partial charge in [0.05, 0.1) is 5.56 Å². The molecule has 0 spiro atoms. The van der Waals surface area contributed by atoms with Crippen LogP contribution in [0.4, 0.5) is 0 Å². The standard InChI is InChI=1S/C23H22N2O6S/c1-16-9-8-10-17(15-16)32(27,28)31-21-14-7-6-13-20(21)30-19-12-5-4-11-18(19)22(25-29-3)23(26)24-2/h4-15H,1-3H3,(H,24,26). The van der Waals surface area contributed by atoms with Crippen LogP contribution < -0.4 is 14.2 Å². The van der Waals surface area contributed by atoms with Gasteiger partial charge in [0.25, 0.3) is 5.91 Å². The number of nitrogens with zero attached hydrogens (tertiary/aromatic N) is 1. The van der Waals surface area contributed by atoms with E-state index in [1.807, 2.05) is 0 Å². The number of likely N-dealkylation sites (N-methyl/N-ethyl adjacent to an activating group) is 1. The SMILES string of the molecule is CNC(=O)C(=NOC)c1ccccc1Oc1ccccc1OS(=O)(=O)c1cccc(C)c1. The van der Waals surface area contributed by atoms with Crippen LogP contribution in [0.25, 0.3) is 0 Å². The Morgan fingerprint density at radius 1 is 0.906 bits per heavy atom. The number of carbonyl (C=O) groups excluding carboxylic acids is 1. The van der Waals surface area contributed by atoms with Crippen LogP contribution in [0.2, 0.25) is 0 Å². The molecule has 0 unspecified atom stereocenters. The molecule has 8 nitrogen and oxygen atoms in total. The minimum atomic E-state index is -4.09. The van der Waals surface area contributed by atoms with Gasteiger partial charge in [-0.05, 0) is 48.9 Å². The maximum atomic E-state index is 12.8. The lowest BCUT2D eigenvalue weighted by Crippen LogP contribution is -2.28. The second-order valence-electron chi connectivity index (χ2n) is 6.60. The zero-order valence-corrected chi connectivity index (χ0v) is 18.5. The van der Waals surface area contributed by atoms with E-state index in [0.29, 0.717) is 5.56 Å². The molecule has 1 amide bonds. The van der Waals surface area contributed by atoms with Crippen molar-refractivity contribution in [2.24, 2.45) is 5.16 Å². The molecule has 0 fully saturated rings. The molecule has 0 saturated carbocycles. The Balaban J connectivity index is 1.98. The van der Waals surface area contributed by atoms with Gasteiger partial charge in [-0.15, -0.1) is 0 Å². The quantitative estimate of drug-likeness (QED) is 0.317. The van der Waals surface area contributed by atoms with E-state index in [2.05, 4.69) is 10.5 Å². The number of carbonyl (C=O) groups is 1. The van der Waals surface area contributed by atoms with Crippen molar-refractivity contribution in [3.8, 4) is 17.2 Å². The molecule has 1 N–H and O–H groups in total. The van der Waals surface area contributed by atoms with Gasteiger partial charge >= 0.3 is 10.1 Å². The second-order valence-corrected chi connectivity index (χ2v) is 8.15. The highest BCUT2D eigenvalue weighted by atomic mass is 32.2. The molecule has 0 aliphatic carbocycles. The summed E-state index contributed by atoms with van der Waals surface area (Å²) in [5.41, 5.74) is 1.13. The number of aryl methyl sites for hydroxylation is 1. The van der Waals surface area contributed by atoms with Gasteiger partial charge in [-0.25, -0.2) is 0 Å². The zero-order valence-electron chi connectivity index (χ0n) is 17.7. The van der Waals surface area contributed by atoms with Crippen molar-refractivity contribution in [3.63, 3.8) is 0 Å². The molecule has 166 valence electrons. The molecule has 3 rings (SSSR count). The van der Waals surface area contributed by atoms with Crippen LogP contribution in [-0.4, -0.2) is 34.2 Å². The van der Waals surface area contributed by atoms with E-state index in [0.717, 1.165) is 5.56 Å². The van der Waals surface area contributed by atoms with E-state index in [1.165, 1.54) is 32.4 Å². The van der Waals surface area contributed by atoms with Crippen molar-refractivity contribution in [2.75, 3.05) is 14.2 Å². The molecule has 0 bridgehead atoms. The summed E-state index contributed by atoms with van der Waals surface area (Å²) < 4.78 is 36.9. The van der Waals surface area contributed by atoms with Crippen molar-refractivity contribution in [3.05, 3.63) is 83.9 Å². The molecule has 0 saturated heterocycles. The van der Waals surface area contributed by atoms with E-state index >= 15 is 0 Å². The summed E-state index contributed by atoms with van der Waals surface area (Å²) in [4.78, 5) is 17.1. The van der Waals surface area contributed by atoms with Crippen molar-refractivity contribution >= 4 is 21.7 Å². The first-order chi connectivity index (χ1) is 15.4. The summed E-state index contributed by atoms with van der Waals surface area (Å²) in [6.07, 6.45) is 0. The Kier molecular flexibility index (Phi) is 7.11. The molecule has 0 radical (unpaired) electrons. The lowest BCUT2D eigenvalue weighted by molar-refractivity contribution is -0.114. The Morgan fingerprint density at radius 3 is 2.22 bits per heavy atom. The molecular weight excluding hydrogens is 432 g/mol. The average Bonchev–Trinajstić information content (AvgIpc) is 2.78.